The number of nitrogens with one attached hydrogen (secondary N) is 2. The molecule has 0 aliphatic carbocycles. The van der Waals surface area contributed by atoms with Crippen LogP contribution in [0.4, 0.5) is 10.1 Å². The van der Waals surface area contributed by atoms with Crippen molar-refractivity contribution >= 4 is 22.9 Å². The van der Waals surface area contributed by atoms with Crippen LogP contribution in [0.15, 0.2) is 53.9 Å². The Bertz CT molecular complexity index is 908. The molecular formula is C21H23FN3OS+. The molecule has 6 heteroatoms. The van der Waals surface area contributed by atoms with Gasteiger partial charge in [0.05, 0.1) is 7.05 Å². The summed E-state index contributed by atoms with van der Waals surface area (Å²) in [6, 6.07) is 14.4. The van der Waals surface area contributed by atoms with E-state index in [0.717, 1.165) is 27.6 Å². The predicted octanol–water partition coefficient (Wildman–Crippen LogP) is 3.17. The van der Waals surface area contributed by atoms with Crippen molar-refractivity contribution in [1.29, 1.82) is 0 Å². The quantitative estimate of drug-likeness (QED) is 0.657. The van der Waals surface area contributed by atoms with Crippen molar-refractivity contribution in [3.63, 3.8) is 0 Å². The average molecular weight is 384 g/mol. The van der Waals surface area contributed by atoms with Crippen molar-refractivity contribution in [2.45, 2.75) is 19.9 Å². The molecule has 1 atom stereocenters. The number of hydrogen-bond acceptors (Lipinski definition) is 3. The minimum atomic E-state index is -0.365. The largest absolute Gasteiger partial charge is 0.325 e. The summed E-state index contributed by atoms with van der Waals surface area (Å²) >= 11 is 1.61. The summed E-state index contributed by atoms with van der Waals surface area (Å²) in [5.74, 6) is -0.515. The van der Waals surface area contributed by atoms with Gasteiger partial charge in [-0.1, -0.05) is 37.3 Å². The summed E-state index contributed by atoms with van der Waals surface area (Å²) in [4.78, 5) is 17.9. The number of likely N-dealkylation sites (N-methyl/N-ethyl adjacent to an activating group) is 1. The lowest BCUT2D eigenvalue weighted by atomic mass is 10.1. The number of benzene rings is 2. The number of thiazole rings is 1. The Morgan fingerprint density at radius 3 is 2.70 bits per heavy atom. The van der Waals surface area contributed by atoms with Crippen molar-refractivity contribution in [1.82, 2.24) is 4.98 Å². The van der Waals surface area contributed by atoms with Crippen molar-refractivity contribution < 1.29 is 14.1 Å². The van der Waals surface area contributed by atoms with Crippen LogP contribution in [0, 0.1) is 5.82 Å². The zero-order valence-corrected chi connectivity index (χ0v) is 16.3. The minimum Gasteiger partial charge on any atom is -0.325 e. The molecule has 2 aromatic carbocycles. The fraction of sp³-hybridized carbons (Fsp3) is 0.238. The van der Waals surface area contributed by atoms with Gasteiger partial charge in [-0.05, 0) is 30.2 Å². The summed E-state index contributed by atoms with van der Waals surface area (Å²) in [5.41, 5.74) is 3.86. The van der Waals surface area contributed by atoms with Gasteiger partial charge < -0.3 is 10.2 Å². The second-order valence-electron chi connectivity index (χ2n) is 6.56. The Morgan fingerprint density at radius 2 is 2.00 bits per heavy atom. The van der Waals surface area contributed by atoms with Crippen LogP contribution in [-0.2, 0) is 17.8 Å². The SMILES string of the molecule is CCc1ccc(-c2nc(C[NH+](C)CC(=O)Nc3cccc(F)c3)cs2)cc1. The second kappa shape index (κ2) is 8.88. The molecule has 0 fully saturated rings. The van der Waals surface area contributed by atoms with E-state index in [-0.39, 0.29) is 18.3 Å². The smallest absolute Gasteiger partial charge is 0.279 e. The number of halogens is 1. The molecule has 2 N–H and O–H groups in total. The molecule has 0 spiro atoms. The normalized spacial score (nSPS) is 12.0. The van der Waals surface area contributed by atoms with E-state index in [1.807, 2.05) is 12.4 Å². The van der Waals surface area contributed by atoms with Crippen LogP contribution in [-0.4, -0.2) is 24.5 Å². The maximum absolute atomic E-state index is 13.2. The molecule has 27 heavy (non-hydrogen) atoms. The molecular weight excluding hydrogens is 361 g/mol. The first kappa shape index (κ1) is 19.2. The Morgan fingerprint density at radius 1 is 1.22 bits per heavy atom. The average Bonchev–Trinajstić information content (AvgIpc) is 3.10. The van der Waals surface area contributed by atoms with Gasteiger partial charge in [-0.3, -0.25) is 4.79 Å². The topological polar surface area (TPSA) is 46.4 Å². The van der Waals surface area contributed by atoms with E-state index < -0.39 is 0 Å². The van der Waals surface area contributed by atoms with Crippen LogP contribution in [0.2, 0.25) is 0 Å². The third-order valence-electron chi connectivity index (χ3n) is 4.21. The summed E-state index contributed by atoms with van der Waals surface area (Å²) in [6.45, 7) is 3.08. The van der Waals surface area contributed by atoms with E-state index in [2.05, 4.69) is 36.5 Å². The van der Waals surface area contributed by atoms with E-state index in [1.165, 1.54) is 17.7 Å². The first-order valence-corrected chi connectivity index (χ1v) is 9.82. The Hall–Kier alpha value is -2.57. The molecule has 1 amide bonds. The van der Waals surface area contributed by atoms with Crippen LogP contribution in [0.25, 0.3) is 10.6 Å². The van der Waals surface area contributed by atoms with Gasteiger partial charge >= 0.3 is 0 Å². The highest BCUT2D eigenvalue weighted by atomic mass is 32.1. The number of aryl methyl sites for hydroxylation is 1. The summed E-state index contributed by atoms with van der Waals surface area (Å²) in [6.07, 6.45) is 1.02. The van der Waals surface area contributed by atoms with Crippen molar-refractivity contribution in [3.05, 3.63) is 71.0 Å². The Labute approximate surface area is 162 Å². The molecule has 1 unspecified atom stereocenters. The molecule has 0 saturated heterocycles. The summed E-state index contributed by atoms with van der Waals surface area (Å²) in [7, 11) is 1.94. The molecule has 0 radical (unpaired) electrons. The highest BCUT2D eigenvalue weighted by molar-refractivity contribution is 7.13. The third-order valence-corrected chi connectivity index (χ3v) is 5.15. The lowest BCUT2D eigenvalue weighted by Crippen LogP contribution is -3.08. The first-order chi connectivity index (χ1) is 13.0. The van der Waals surface area contributed by atoms with Gasteiger partial charge in [0.1, 0.15) is 23.1 Å². The molecule has 1 heterocycles. The standard InChI is InChI=1S/C21H22FN3OS/c1-3-15-7-9-16(10-8-15)21-24-19(14-27-21)12-25(2)13-20(26)23-18-6-4-5-17(22)11-18/h4-11,14H,3,12-13H2,1-2H3,(H,23,26)/p+1. The number of quaternary nitrogens is 1. The van der Waals surface area contributed by atoms with E-state index in [9.17, 15) is 9.18 Å². The van der Waals surface area contributed by atoms with Gasteiger partial charge in [-0.25, -0.2) is 9.37 Å². The maximum Gasteiger partial charge on any atom is 0.279 e. The number of anilines is 1. The van der Waals surface area contributed by atoms with Crippen molar-refractivity contribution in [3.8, 4) is 10.6 Å². The highest BCUT2D eigenvalue weighted by Gasteiger charge is 2.13. The lowest BCUT2D eigenvalue weighted by Gasteiger charge is -2.12. The van der Waals surface area contributed by atoms with E-state index in [0.29, 0.717) is 12.2 Å². The van der Waals surface area contributed by atoms with Crippen LogP contribution in [0.1, 0.15) is 18.2 Å². The summed E-state index contributed by atoms with van der Waals surface area (Å²) < 4.78 is 13.2. The fourth-order valence-electron chi connectivity index (χ4n) is 2.82. The molecule has 0 saturated carbocycles. The van der Waals surface area contributed by atoms with Crippen LogP contribution < -0.4 is 10.2 Å². The fourth-order valence-corrected chi connectivity index (χ4v) is 3.65. The Balaban J connectivity index is 1.55. The zero-order valence-electron chi connectivity index (χ0n) is 15.5. The number of carbonyl (C=O) groups is 1. The predicted molar refractivity (Wildman–Crippen MR) is 107 cm³/mol. The molecule has 0 aliphatic rings. The molecule has 3 rings (SSSR count). The van der Waals surface area contributed by atoms with Crippen LogP contribution in [0.5, 0.6) is 0 Å². The van der Waals surface area contributed by atoms with Gasteiger partial charge in [0, 0.05) is 16.6 Å². The van der Waals surface area contributed by atoms with Gasteiger partial charge in [-0.2, -0.15) is 0 Å². The molecule has 1 aromatic heterocycles. The molecule has 140 valence electrons. The number of aromatic nitrogens is 1. The molecule has 3 aromatic rings. The van der Waals surface area contributed by atoms with Crippen molar-refractivity contribution in [2.24, 2.45) is 0 Å². The molecule has 4 nitrogen and oxygen atoms in total. The van der Waals surface area contributed by atoms with Crippen LogP contribution >= 0.6 is 11.3 Å². The van der Waals surface area contributed by atoms with E-state index in [1.54, 1.807) is 23.5 Å². The van der Waals surface area contributed by atoms with E-state index >= 15 is 0 Å². The second-order valence-corrected chi connectivity index (χ2v) is 7.42. The number of amides is 1. The third kappa shape index (κ3) is 5.45. The first-order valence-electron chi connectivity index (χ1n) is 8.94. The van der Waals surface area contributed by atoms with Crippen molar-refractivity contribution in [2.75, 3.05) is 18.9 Å². The summed E-state index contributed by atoms with van der Waals surface area (Å²) in [5, 5.41) is 5.75. The van der Waals surface area contributed by atoms with Gasteiger partial charge in [0.2, 0.25) is 0 Å². The minimum absolute atomic E-state index is 0.149. The molecule has 0 bridgehead atoms. The van der Waals surface area contributed by atoms with Gasteiger partial charge in [-0.15, -0.1) is 11.3 Å². The van der Waals surface area contributed by atoms with Crippen LogP contribution in [0.3, 0.4) is 0 Å². The number of hydrogen-bond donors (Lipinski definition) is 2. The maximum atomic E-state index is 13.2. The number of nitrogens with zero attached hydrogens (tertiary/aromatic N) is 1. The van der Waals surface area contributed by atoms with Gasteiger partial charge in [0.25, 0.3) is 5.91 Å². The lowest BCUT2D eigenvalue weighted by molar-refractivity contribution is -0.885. The number of rotatable bonds is 7. The van der Waals surface area contributed by atoms with Gasteiger partial charge in [0.15, 0.2) is 6.54 Å². The Kier molecular flexibility index (Phi) is 6.32. The monoisotopic (exact) mass is 384 g/mol. The zero-order chi connectivity index (χ0) is 19.2. The molecule has 0 aliphatic heterocycles. The highest BCUT2D eigenvalue weighted by Crippen LogP contribution is 2.23. The van der Waals surface area contributed by atoms with E-state index in [4.69, 9.17) is 4.98 Å². The number of carbonyl (C=O) groups excluding carboxylic acids is 1.